The van der Waals surface area contributed by atoms with E-state index in [0.29, 0.717) is 18.1 Å². The summed E-state index contributed by atoms with van der Waals surface area (Å²) in [6, 6.07) is 7.70. The lowest BCUT2D eigenvalue weighted by Gasteiger charge is -2.08. The Bertz CT molecular complexity index is 587. The average Bonchev–Trinajstić information content (AvgIpc) is 2.42. The number of benzene rings is 1. The number of rotatable bonds is 4. The van der Waals surface area contributed by atoms with E-state index in [1.807, 2.05) is 24.3 Å². The highest BCUT2D eigenvalue weighted by molar-refractivity contribution is 5.58. The highest BCUT2D eigenvalue weighted by Crippen LogP contribution is 2.21. The molecule has 0 saturated carbocycles. The lowest BCUT2D eigenvalue weighted by molar-refractivity contribution is 0.185. The van der Waals surface area contributed by atoms with Gasteiger partial charge in [0, 0.05) is 19.7 Å². The molecule has 0 aliphatic rings. The Kier molecular flexibility index (Phi) is 4.06. The minimum atomic E-state index is -0.417. The summed E-state index contributed by atoms with van der Waals surface area (Å²) < 4.78 is 18.8. The molecule has 1 N–H and O–H groups in total. The van der Waals surface area contributed by atoms with E-state index in [0.717, 1.165) is 11.1 Å². The van der Waals surface area contributed by atoms with E-state index in [4.69, 9.17) is 4.74 Å². The number of nitrogens with one attached hydrogen (secondary N) is 1. The smallest absolute Gasteiger partial charge is 0.186 e. The fourth-order valence-electron chi connectivity index (χ4n) is 1.82. The first-order chi connectivity index (χ1) is 9.15. The van der Waals surface area contributed by atoms with E-state index in [9.17, 15) is 4.39 Å². The van der Waals surface area contributed by atoms with Gasteiger partial charge in [0.2, 0.25) is 0 Å². The van der Waals surface area contributed by atoms with Crippen LogP contribution in [0.2, 0.25) is 0 Å². The van der Waals surface area contributed by atoms with Gasteiger partial charge in [0.25, 0.3) is 0 Å². The molecule has 19 heavy (non-hydrogen) atoms. The maximum atomic E-state index is 13.7. The summed E-state index contributed by atoms with van der Waals surface area (Å²) in [6.07, 6.45) is 0. The van der Waals surface area contributed by atoms with Crippen LogP contribution in [0.3, 0.4) is 0 Å². The molecule has 5 heteroatoms. The van der Waals surface area contributed by atoms with Crippen LogP contribution in [0.4, 0.5) is 10.2 Å². The highest BCUT2D eigenvalue weighted by Gasteiger charge is 2.11. The summed E-state index contributed by atoms with van der Waals surface area (Å²) in [5.74, 6) is 0.292. The highest BCUT2D eigenvalue weighted by atomic mass is 19.1. The molecule has 0 unspecified atom stereocenters. The van der Waals surface area contributed by atoms with Crippen molar-refractivity contribution in [2.75, 3.05) is 19.5 Å². The van der Waals surface area contributed by atoms with Gasteiger partial charge in [-0.3, -0.25) is 0 Å². The number of methoxy groups -OCH3 is 1. The van der Waals surface area contributed by atoms with Gasteiger partial charge in [-0.1, -0.05) is 18.2 Å². The van der Waals surface area contributed by atoms with Crippen molar-refractivity contribution in [3.63, 3.8) is 0 Å². The van der Waals surface area contributed by atoms with E-state index in [-0.39, 0.29) is 5.82 Å². The zero-order chi connectivity index (χ0) is 13.8. The Morgan fingerprint density at radius 2 is 2.11 bits per heavy atom. The maximum absolute atomic E-state index is 13.7. The predicted octanol–water partition coefficient (Wildman–Crippen LogP) is 2.78. The van der Waals surface area contributed by atoms with E-state index in [1.54, 1.807) is 21.1 Å². The van der Waals surface area contributed by atoms with E-state index >= 15 is 0 Å². The fourth-order valence-corrected chi connectivity index (χ4v) is 1.82. The summed E-state index contributed by atoms with van der Waals surface area (Å²) in [4.78, 5) is 8.37. The minimum Gasteiger partial charge on any atom is -0.380 e. The van der Waals surface area contributed by atoms with Gasteiger partial charge < -0.3 is 10.1 Å². The second kappa shape index (κ2) is 5.75. The van der Waals surface area contributed by atoms with Crippen LogP contribution < -0.4 is 5.32 Å². The third-order valence-electron chi connectivity index (χ3n) is 2.75. The molecule has 0 bridgehead atoms. The number of nitrogens with zero attached hydrogens (tertiary/aromatic N) is 2. The van der Waals surface area contributed by atoms with Gasteiger partial charge in [-0.15, -0.1) is 0 Å². The average molecular weight is 261 g/mol. The SMILES string of the molecule is CNc1nc(-c2cccc(COC)c2)nc(C)c1F. The first kappa shape index (κ1) is 13.4. The summed E-state index contributed by atoms with van der Waals surface area (Å²) in [6.45, 7) is 2.15. The van der Waals surface area contributed by atoms with Crippen LogP contribution >= 0.6 is 0 Å². The molecular formula is C14H16FN3O. The molecule has 1 heterocycles. The molecule has 0 spiro atoms. The number of anilines is 1. The Morgan fingerprint density at radius 1 is 1.32 bits per heavy atom. The molecule has 0 aliphatic carbocycles. The van der Waals surface area contributed by atoms with Crippen molar-refractivity contribution in [3.8, 4) is 11.4 Å². The zero-order valence-corrected chi connectivity index (χ0v) is 11.2. The summed E-state index contributed by atoms with van der Waals surface area (Å²) in [7, 11) is 3.28. The normalized spacial score (nSPS) is 10.5. The van der Waals surface area contributed by atoms with Crippen LogP contribution in [-0.2, 0) is 11.3 Å². The molecule has 0 fully saturated rings. The maximum Gasteiger partial charge on any atom is 0.186 e. The van der Waals surface area contributed by atoms with E-state index in [1.165, 1.54) is 0 Å². The minimum absolute atomic E-state index is 0.208. The van der Waals surface area contributed by atoms with Crippen LogP contribution in [0.1, 0.15) is 11.3 Å². The second-order valence-electron chi connectivity index (χ2n) is 4.18. The largest absolute Gasteiger partial charge is 0.380 e. The molecule has 2 rings (SSSR count). The molecule has 0 atom stereocenters. The molecule has 0 radical (unpaired) electrons. The van der Waals surface area contributed by atoms with Gasteiger partial charge >= 0.3 is 0 Å². The Labute approximate surface area is 111 Å². The fraction of sp³-hybridized carbons (Fsp3) is 0.286. The van der Waals surface area contributed by atoms with Crippen molar-refractivity contribution in [2.24, 2.45) is 0 Å². The van der Waals surface area contributed by atoms with Crippen LogP contribution in [-0.4, -0.2) is 24.1 Å². The monoisotopic (exact) mass is 261 g/mol. The Balaban J connectivity index is 2.46. The lowest BCUT2D eigenvalue weighted by atomic mass is 10.1. The molecule has 2 aromatic rings. The van der Waals surface area contributed by atoms with E-state index < -0.39 is 5.82 Å². The van der Waals surface area contributed by atoms with Crippen LogP contribution in [0.15, 0.2) is 24.3 Å². The van der Waals surface area contributed by atoms with Gasteiger partial charge in [0.1, 0.15) is 0 Å². The van der Waals surface area contributed by atoms with Gasteiger partial charge in [-0.05, 0) is 18.6 Å². The number of halogens is 1. The predicted molar refractivity (Wildman–Crippen MR) is 72.4 cm³/mol. The van der Waals surface area contributed by atoms with Crippen LogP contribution in [0.5, 0.6) is 0 Å². The van der Waals surface area contributed by atoms with Crippen molar-refractivity contribution in [1.29, 1.82) is 0 Å². The zero-order valence-electron chi connectivity index (χ0n) is 11.2. The van der Waals surface area contributed by atoms with Gasteiger partial charge in [0.15, 0.2) is 17.5 Å². The third kappa shape index (κ3) is 2.88. The molecule has 1 aromatic heterocycles. The Hall–Kier alpha value is -2.01. The topological polar surface area (TPSA) is 47.0 Å². The summed E-state index contributed by atoms with van der Waals surface area (Å²) in [5.41, 5.74) is 2.19. The number of hydrogen-bond acceptors (Lipinski definition) is 4. The Morgan fingerprint density at radius 3 is 2.79 bits per heavy atom. The molecule has 0 aliphatic heterocycles. The quantitative estimate of drug-likeness (QED) is 0.919. The van der Waals surface area contributed by atoms with Crippen molar-refractivity contribution < 1.29 is 9.13 Å². The number of hydrogen-bond donors (Lipinski definition) is 1. The second-order valence-corrected chi connectivity index (χ2v) is 4.18. The first-order valence-corrected chi connectivity index (χ1v) is 5.96. The third-order valence-corrected chi connectivity index (χ3v) is 2.75. The van der Waals surface area contributed by atoms with Gasteiger partial charge in [0.05, 0.1) is 12.3 Å². The summed E-state index contributed by atoms with van der Waals surface area (Å²) in [5, 5.41) is 2.74. The van der Waals surface area contributed by atoms with Gasteiger partial charge in [-0.2, -0.15) is 0 Å². The van der Waals surface area contributed by atoms with Crippen molar-refractivity contribution in [1.82, 2.24) is 9.97 Å². The van der Waals surface area contributed by atoms with Gasteiger partial charge in [-0.25, -0.2) is 14.4 Å². The molecule has 0 saturated heterocycles. The van der Waals surface area contributed by atoms with Crippen molar-refractivity contribution in [3.05, 3.63) is 41.3 Å². The van der Waals surface area contributed by atoms with E-state index in [2.05, 4.69) is 15.3 Å². The summed E-state index contributed by atoms with van der Waals surface area (Å²) >= 11 is 0. The molecule has 0 amide bonds. The number of aromatic nitrogens is 2. The molecular weight excluding hydrogens is 245 g/mol. The number of aryl methyl sites for hydroxylation is 1. The van der Waals surface area contributed by atoms with Crippen LogP contribution in [0.25, 0.3) is 11.4 Å². The van der Waals surface area contributed by atoms with Crippen molar-refractivity contribution in [2.45, 2.75) is 13.5 Å². The standard InChI is InChI=1S/C14H16FN3O/c1-9-12(15)14(16-2)18-13(17-9)11-6-4-5-10(7-11)8-19-3/h4-7H,8H2,1-3H3,(H,16,17,18). The van der Waals surface area contributed by atoms with Crippen molar-refractivity contribution >= 4 is 5.82 Å². The lowest BCUT2D eigenvalue weighted by Crippen LogP contribution is -2.03. The number of ether oxygens (including phenoxy) is 1. The molecule has 100 valence electrons. The van der Waals surface area contributed by atoms with Crippen LogP contribution in [0, 0.1) is 12.7 Å². The first-order valence-electron chi connectivity index (χ1n) is 5.96. The molecule has 1 aromatic carbocycles. The molecule has 4 nitrogen and oxygen atoms in total.